The summed E-state index contributed by atoms with van der Waals surface area (Å²) in [6.45, 7) is 5.13. The van der Waals surface area contributed by atoms with Crippen molar-refractivity contribution in [2.24, 2.45) is 5.73 Å². The fraction of sp³-hybridized carbons (Fsp3) is 0.250. The maximum atomic E-state index is 10.7. The van der Waals surface area contributed by atoms with Crippen molar-refractivity contribution in [1.29, 1.82) is 0 Å². The van der Waals surface area contributed by atoms with Crippen LogP contribution in [0.5, 0.6) is 0 Å². The van der Waals surface area contributed by atoms with Crippen molar-refractivity contribution in [2.45, 2.75) is 12.5 Å². The van der Waals surface area contributed by atoms with Crippen molar-refractivity contribution in [3.8, 4) is 0 Å². The second-order valence-electron chi connectivity index (χ2n) is 3.39. The van der Waals surface area contributed by atoms with Crippen molar-refractivity contribution in [3.05, 3.63) is 48.6 Å². The zero-order valence-corrected chi connectivity index (χ0v) is 8.77. The predicted molar refractivity (Wildman–Crippen MR) is 59.1 cm³/mol. The maximum Gasteiger partial charge on any atom is 0.302 e. The molecule has 0 aromatic heterocycles. The summed E-state index contributed by atoms with van der Waals surface area (Å²) in [5.41, 5.74) is 6.14. The van der Waals surface area contributed by atoms with Crippen LogP contribution < -0.4 is 5.73 Å². The highest BCUT2D eigenvalue weighted by Crippen LogP contribution is 2.19. The Kier molecular flexibility index (Phi) is 3.63. The second kappa shape index (κ2) is 4.75. The Morgan fingerprint density at radius 2 is 2.13 bits per heavy atom. The second-order valence-corrected chi connectivity index (χ2v) is 3.39. The first-order chi connectivity index (χ1) is 7.08. The van der Waals surface area contributed by atoms with Gasteiger partial charge in [0.2, 0.25) is 0 Å². The molecule has 0 aliphatic rings. The zero-order valence-electron chi connectivity index (χ0n) is 8.77. The lowest BCUT2D eigenvalue weighted by molar-refractivity contribution is -0.142. The molecule has 0 saturated carbocycles. The smallest absolute Gasteiger partial charge is 0.302 e. The average Bonchev–Trinajstić information content (AvgIpc) is 2.27. The lowest BCUT2D eigenvalue weighted by Gasteiger charge is -2.25. The highest BCUT2D eigenvalue weighted by Gasteiger charge is 2.24. The van der Waals surface area contributed by atoms with Gasteiger partial charge in [0.05, 0.1) is 5.54 Å². The number of benzene rings is 1. The van der Waals surface area contributed by atoms with Gasteiger partial charge in [0.15, 0.2) is 0 Å². The van der Waals surface area contributed by atoms with Crippen LogP contribution in [0.3, 0.4) is 0 Å². The van der Waals surface area contributed by atoms with Crippen molar-refractivity contribution >= 4 is 5.97 Å². The maximum absolute atomic E-state index is 10.7. The quantitative estimate of drug-likeness (QED) is 0.600. The van der Waals surface area contributed by atoms with Gasteiger partial charge in [0, 0.05) is 6.92 Å². The van der Waals surface area contributed by atoms with E-state index in [1.54, 1.807) is 6.08 Å². The molecule has 2 N–H and O–H groups in total. The number of nitrogens with two attached hydrogens (primary N) is 1. The third-order valence-electron chi connectivity index (χ3n) is 2.19. The largest absolute Gasteiger partial charge is 0.463 e. The summed E-state index contributed by atoms with van der Waals surface area (Å²) >= 11 is 0. The highest BCUT2D eigenvalue weighted by atomic mass is 16.5. The summed E-state index contributed by atoms with van der Waals surface area (Å²) in [6, 6.07) is 9.43. The van der Waals surface area contributed by atoms with Gasteiger partial charge in [0.25, 0.3) is 0 Å². The van der Waals surface area contributed by atoms with Crippen molar-refractivity contribution in [1.82, 2.24) is 0 Å². The number of ether oxygens (including phenoxy) is 1. The lowest BCUT2D eigenvalue weighted by atomic mass is 9.92. The molecular weight excluding hydrogens is 190 g/mol. The number of carbonyl (C=O) groups excluding carboxylic acids is 1. The first kappa shape index (κ1) is 11.5. The van der Waals surface area contributed by atoms with Gasteiger partial charge < -0.3 is 10.5 Å². The fourth-order valence-electron chi connectivity index (χ4n) is 1.23. The van der Waals surface area contributed by atoms with Gasteiger partial charge in [-0.25, -0.2) is 0 Å². The predicted octanol–water partition coefficient (Wildman–Crippen LogP) is 1.59. The van der Waals surface area contributed by atoms with E-state index in [9.17, 15) is 4.79 Å². The van der Waals surface area contributed by atoms with Gasteiger partial charge in [-0.2, -0.15) is 0 Å². The van der Waals surface area contributed by atoms with Gasteiger partial charge in [-0.05, 0) is 5.56 Å². The number of hydrogen-bond donors (Lipinski definition) is 1. The van der Waals surface area contributed by atoms with Gasteiger partial charge in [-0.15, -0.1) is 6.58 Å². The van der Waals surface area contributed by atoms with E-state index in [4.69, 9.17) is 10.5 Å². The molecule has 1 atom stereocenters. The van der Waals surface area contributed by atoms with Gasteiger partial charge in [0.1, 0.15) is 6.61 Å². The molecule has 3 nitrogen and oxygen atoms in total. The van der Waals surface area contributed by atoms with Crippen LogP contribution >= 0.6 is 0 Å². The van der Waals surface area contributed by atoms with Crippen LogP contribution in [0.25, 0.3) is 0 Å². The van der Waals surface area contributed by atoms with E-state index in [0.717, 1.165) is 5.56 Å². The molecule has 0 fully saturated rings. The number of rotatable bonds is 4. The molecule has 1 aromatic carbocycles. The normalized spacial score (nSPS) is 14.0. The molecule has 0 heterocycles. The minimum Gasteiger partial charge on any atom is -0.463 e. The highest BCUT2D eigenvalue weighted by molar-refractivity contribution is 5.66. The lowest BCUT2D eigenvalue weighted by Crippen LogP contribution is -2.39. The van der Waals surface area contributed by atoms with Crippen LogP contribution in [0.2, 0.25) is 0 Å². The summed E-state index contributed by atoms with van der Waals surface area (Å²) in [6.07, 6.45) is 1.59. The molecule has 0 spiro atoms. The average molecular weight is 205 g/mol. The molecule has 0 bridgehead atoms. The van der Waals surface area contributed by atoms with Crippen molar-refractivity contribution in [3.63, 3.8) is 0 Å². The van der Waals surface area contributed by atoms with Gasteiger partial charge in [-0.1, -0.05) is 36.4 Å². The molecule has 1 aromatic rings. The van der Waals surface area contributed by atoms with E-state index >= 15 is 0 Å². The minimum absolute atomic E-state index is 0.107. The van der Waals surface area contributed by atoms with Crippen LogP contribution in [0.1, 0.15) is 12.5 Å². The summed E-state index contributed by atoms with van der Waals surface area (Å²) in [4.78, 5) is 10.7. The van der Waals surface area contributed by atoms with E-state index in [2.05, 4.69) is 6.58 Å². The van der Waals surface area contributed by atoms with Crippen LogP contribution in [-0.4, -0.2) is 12.6 Å². The third kappa shape index (κ3) is 2.92. The molecule has 3 heteroatoms. The Hall–Kier alpha value is -1.61. The summed E-state index contributed by atoms with van der Waals surface area (Å²) in [5.74, 6) is -0.345. The number of esters is 1. The molecule has 0 saturated heterocycles. The topological polar surface area (TPSA) is 52.3 Å². The summed E-state index contributed by atoms with van der Waals surface area (Å²) in [7, 11) is 0. The Labute approximate surface area is 89.5 Å². The Bertz CT molecular complexity index is 348. The van der Waals surface area contributed by atoms with Crippen LogP contribution in [-0.2, 0) is 15.1 Å². The van der Waals surface area contributed by atoms with E-state index in [-0.39, 0.29) is 12.6 Å². The first-order valence-corrected chi connectivity index (χ1v) is 4.70. The number of carbonyl (C=O) groups is 1. The SMILES string of the molecule is C=C[C@@](N)(COC(C)=O)c1ccccc1. The molecule has 0 aliphatic carbocycles. The fourth-order valence-corrected chi connectivity index (χ4v) is 1.23. The molecule has 0 unspecified atom stereocenters. The Morgan fingerprint density at radius 1 is 1.53 bits per heavy atom. The minimum atomic E-state index is -0.813. The first-order valence-electron chi connectivity index (χ1n) is 4.70. The van der Waals surface area contributed by atoms with Gasteiger partial charge in [-0.3, -0.25) is 4.79 Å². The Balaban J connectivity index is 2.85. The molecule has 80 valence electrons. The molecule has 0 radical (unpaired) electrons. The molecule has 15 heavy (non-hydrogen) atoms. The number of hydrogen-bond acceptors (Lipinski definition) is 3. The van der Waals surface area contributed by atoms with E-state index in [0.29, 0.717) is 0 Å². The molecule has 0 aliphatic heterocycles. The Morgan fingerprint density at radius 3 is 2.60 bits per heavy atom. The van der Waals surface area contributed by atoms with Crippen molar-refractivity contribution in [2.75, 3.05) is 6.61 Å². The van der Waals surface area contributed by atoms with Crippen LogP contribution in [0.15, 0.2) is 43.0 Å². The molecular formula is C12H15NO2. The zero-order chi connectivity index (χ0) is 11.3. The van der Waals surface area contributed by atoms with E-state index in [1.807, 2.05) is 30.3 Å². The van der Waals surface area contributed by atoms with Crippen molar-refractivity contribution < 1.29 is 9.53 Å². The van der Waals surface area contributed by atoms with Gasteiger partial charge >= 0.3 is 5.97 Å². The summed E-state index contributed by atoms with van der Waals surface area (Å²) in [5, 5.41) is 0. The van der Waals surface area contributed by atoms with Crippen LogP contribution in [0.4, 0.5) is 0 Å². The van der Waals surface area contributed by atoms with E-state index < -0.39 is 5.54 Å². The third-order valence-corrected chi connectivity index (χ3v) is 2.19. The van der Waals surface area contributed by atoms with Crippen LogP contribution in [0, 0.1) is 0 Å². The molecule has 1 rings (SSSR count). The van der Waals surface area contributed by atoms with E-state index in [1.165, 1.54) is 6.92 Å². The monoisotopic (exact) mass is 205 g/mol. The summed E-state index contributed by atoms with van der Waals surface area (Å²) < 4.78 is 4.92. The molecule has 0 amide bonds. The standard InChI is InChI=1S/C12H15NO2/c1-3-12(13,9-15-10(2)14)11-7-5-4-6-8-11/h3-8H,1,9,13H2,2H3/t12-/m1/s1.